The van der Waals surface area contributed by atoms with Crippen molar-refractivity contribution in [3.8, 4) is 11.1 Å². The first-order valence-corrected chi connectivity index (χ1v) is 14.1. The highest BCUT2D eigenvalue weighted by molar-refractivity contribution is 6.29. The molecule has 3 aromatic heterocycles. The summed E-state index contributed by atoms with van der Waals surface area (Å²) in [5.41, 5.74) is 9.28. The van der Waals surface area contributed by atoms with E-state index >= 15 is 0 Å². The van der Waals surface area contributed by atoms with E-state index in [4.69, 9.17) is 8.83 Å². The summed E-state index contributed by atoms with van der Waals surface area (Å²) in [5.74, 6) is 0. The minimum atomic E-state index is 0.882. The standard InChI is InChI=1S/C37H28N2O2/c1-3-4-5-10-19-38-29-22-34-35(27-12-7-9-14-32(27)41-34)36-26-17-15-24(21-30(26)39(2)37(29)36)23-16-18-33-28(20-23)25-11-6-8-13-31(25)40-33/h4-22,38H,3H2,1-2H3/b5-4-,19-10-. The van der Waals surface area contributed by atoms with Crippen molar-refractivity contribution in [1.82, 2.24) is 4.57 Å². The van der Waals surface area contributed by atoms with E-state index in [-0.39, 0.29) is 0 Å². The molecule has 41 heavy (non-hydrogen) atoms. The molecule has 0 bridgehead atoms. The maximum atomic E-state index is 6.37. The van der Waals surface area contributed by atoms with Crippen molar-refractivity contribution in [3.63, 3.8) is 0 Å². The molecule has 0 atom stereocenters. The number of para-hydroxylation sites is 2. The second kappa shape index (κ2) is 9.17. The SMILES string of the molecule is CC/C=C\C=C/Nc1cc2oc3ccccc3c2c2c3ccc(-c4ccc5oc6ccccc6c5c4)cc3n(C)c12. The lowest BCUT2D eigenvalue weighted by molar-refractivity contribution is 0.668. The monoisotopic (exact) mass is 532 g/mol. The number of rotatable bonds is 5. The Bertz CT molecular complexity index is 2340. The van der Waals surface area contributed by atoms with Gasteiger partial charge in [-0.25, -0.2) is 0 Å². The number of aromatic nitrogens is 1. The molecule has 0 spiro atoms. The third kappa shape index (κ3) is 3.61. The third-order valence-corrected chi connectivity index (χ3v) is 8.13. The van der Waals surface area contributed by atoms with Crippen LogP contribution in [0.25, 0.3) is 76.8 Å². The van der Waals surface area contributed by atoms with Crippen molar-refractivity contribution in [1.29, 1.82) is 0 Å². The Morgan fingerprint density at radius 2 is 1.37 bits per heavy atom. The Labute approximate surface area is 236 Å². The molecule has 0 aliphatic carbocycles. The Morgan fingerprint density at radius 3 is 2.22 bits per heavy atom. The molecular weight excluding hydrogens is 504 g/mol. The summed E-state index contributed by atoms with van der Waals surface area (Å²) < 4.78 is 14.8. The minimum absolute atomic E-state index is 0.882. The van der Waals surface area contributed by atoms with E-state index in [1.807, 2.05) is 36.5 Å². The first-order valence-electron chi connectivity index (χ1n) is 14.1. The normalized spacial score (nSPS) is 12.5. The molecule has 4 heteroatoms. The highest BCUT2D eigenvalue weighted by Gasteiger charge is 2.20. The van der Waals surface area contributed by atoms with Gasteiger partial charge in [0.25, 0.3) is 0 Å². The van der Waals surface area contributed by atoms with Gasteiger partial charge in [0.1, 0.15) is 22.3 Å². The summed E-state index contributed by atoms with van der Waals surface area (Å²) >= 11 is 0. The topological polar surface area (TPSA) is 43.2 Å². The Morgan fingerprint density at radius 1 is 0.659 bits per heavy atom. The smallest absolute Gasteiger partial charge is 0.138 e. The number of allylic oxidation sites excluding steroid dienone is 3. The summed E-state index contributed by atoms with van der Waals surface area (Å²) in [5, 5.41) is 10.5. The number of hydrogen-bond donors (Lipinski definition) is 1. The van der Waals surface area contributed by atoms with Crippen LogP contribution < -0.4 is 5.32 Å². The van der Waals surface area contributed by atoms with Crippen LogP contribution in [0.2, 0.25) is 0 Å². The van der Waals surface area contributed by atoms with Crippen molar-refractivity contribution >= 4 is 71.4 Å². The van der Waals surface area contributed by atoms with Gasteiger partial charge in [-0.1, -0.05) is 73.7 Å². The van der Waals surface area contributed by atoms with Gasteiger partial charge >= 0.3 is 0 Å². The van der Waals surface area contributed by atoms with Gasteiger partial charge in [0.05, 0.1) is 11.2 Å². The van der Waals surface area contributed by atoms with Gasteiger partial charge in [-0.2, -0.15) is 0 Å². The van der Waals surface area contributed by atoms with Crippen molar-refractivity contribution in [2.24, 2.45) is 7.05 Å². The number of benzene rings is 5. The van der Waals surface area contributed by atoms with Gasteiger partial charge in [0.15, 0.2) is 0 Å². The molecule has 0 aliphatic rings. The largest absolute Gasteiger partial charge is 0.456 e. The van der Waals surface area contributed by atoms with Crippen LogP contribution in [0.15, 0.2) is 124 Å². The van der Waals surface area contributed by atoms with Crippen molar-refractivity contribution < 1.29 is 8.83 Å². The quantitative estimate of drug-likeness (QED) is 0.224. The van der Waals surface area contributed by atoms with Gasteiger partial charge in [-0.3, -0.25) is 0 Å². The number of nitrogens with one attached hydrogen (secondary N) is 1. The zero-order valence-electron chi connectivity index (χ0n) is 22.9. The number of anilines is 1. The second-order valence-corrected chi connectivity index (χ2v) is 10.6. The lowest BCUT2D eigenvalue weighted by Gasteiger charge is -2.07. The average Bonchev–Trinajstić information content (AvgIpc) is 3.66. The van der Waals surface area contributed by atoms with Crippen LogP contribution in [0.1, 0.15) is 13.3 Å². The van der Waals surface area contributed by atoms with Crippen LogP contribution in [0.4, 0.5) is 5.69 Å². The summed E-state index contributed by atoms with van der Waals surface area (Å²) in [6.45, 7) is 2.13. The molecule has 0 aliphatic heterocycles. The van der Waals surface area contributed by atoms with E-state index < -0.39 is 0 Å². The van der Waals surface area contributed by atoms with Gasteiger partial charge < -0.3 is 18.7 Å². The number of furan rings is 2. The molecule has 8 aromatic rings. The van der Waals surface area contributed by atoms with E-state index in [2.05, 4.69) is 103 Å². The zero-order valence-corrected chi connectivity index (χ0v) is 22.9. The highest BCUT2D eigenvalue weighted by atomic mass is 16.3. The van der Waals surface area contributed by atoms with Crippen LogP contribution in [-0.2, 0) is 7.05 Å². The molecule has 0 amide bonds. The summed E-state index contributed by atoms with van der Waals surface area (Å²) in [6, 6.07) is 31.9. The average molecular weight is 533 g/mol. The Hall–Kier alpha value is -5.22. The van der Waals surface area contributed by atoms with E-state index in [1.54, 1.807) is 0 Å². The molecular formula is C37H28N2O2. The maximum Gasteiger partial charge on any atom is 0.138 e. The summed E-state index contributed by atoms with van der Waals surface area (Å²) in [4.78, 5) is 0. The molecule has 0 saturated carbocycles. The van der Waals surface area contributed by atoms with Crippen molar-refractivity contribution in [3.05, 3.63) is 115 Å². The van der Waals surface area contributed by atoms with Crippen LogP contribution >= 0.6 is 0 Å². The van der Waals surface area contributed by atoms with Gasteiger partial charge in [0.2, 0.25) is 0 Å². The van der Waals surface area contributed by atoms with Crippen LogP contribution in [-0.4, -0.2) is 4.57 Å². The van der Waals surface area contributed by atoms with Gasteiger partial charge in [-0.05, 0) is 54.0 Å². The number of nitrogens with zero attached hydrogens (tertiary/aromatic N) is 1. The fourth-order valence-corrected chi connectivity index (χ4v) is 6.23. The zero-order chi connectivity index (χ0) is 27.5. The minimum Gasteiger partial charge on any atom is -0.456 e. The third-order valence-electron chi connectivity index (χ3n) is 8.13. The van der Waals surface area contributed by atoms with E-state index in [9.17, 15) is 0 Å². The molecule has 1 N–H and O–H groups in total. The fraction of sp³-hybridized carbons (Fsp3) is 0.0811. The predicted octanol–water partition coefficient (Wildman–Crippen LogP) is 10.7. The number of hydrogen-bond acceptors (Lipinski definition) is 3. The Balaban J connectivity index is 1.38. The molecule has 0 radical (unpaired) electrons. The van der Waals surface area contributed by atoms with Crippen molar-refractivity contribution in [2.75, 3.05) is 5.32 Å². The van der Waals surface area contributed by atoms with E-state index in [0.717, 1.165) is 61.5 Å². The molecule has 3 heterocycles. The summed E-state index contributed by atoms with van der Waals surface area (Å²) in [6.07, 6.45) is 9.24. The van der Waals surface area contributed by atoms with Gasteiger partial charge in [-0.15, -0.1) is 0 Å². The van der Waals surface area contributed by atoms with Crippen LogP contribution in [0.5, 0.6) is 0 Å². The van der Waals surface area contributed by atoms with Gasteiger partial charge in [0, 0.05) is 57.1 Å². The van der Waals surface area contributed by atoms with Crippen LogP contribution in [0, 0.1) is 0 Å². The second-order valence-electron chi connectivity index (χ2n) is 10.6. The number of fused-ring (bicyclic) bond motifs is 10. The summed E-state index contributed by atoms with van der Waals surface area (Å²) in [7, 11) is 2.15. The fourth-order valence-electron chi connectivity index (χ4n) is 6.23. The lowest BCUT2D eigenvalue weighted by atomic mass is 10.00. The molecule has 198 valence electrons. The van der Waals surface area contributed by atoms with Crippen LogP contribution in [0.3, 0.4) is 0 Å². The first-order chi connectivity index (χ1) is 20.2. The van der Waals surface area contributed by atoms with E-state index in [0.29, 0.717) is 0 Å². The van der Waals surface area contributed by atoms with Crippen molar-refractivity contribution in [2.45, 2.75) is 13.3 Å². The molecule has 0 fully saturated rings. The molecule has 5 aromatic carbocycles. The molecule has 8 rings (SSSR count). The Kier molecular flexibility index (Phi) is 5.29. The lowest BCUT2D eigenvalue weighted by Crippen LogP contribution is -1.94. The number of aryl methyl sites for hydroxylation is 1. The molecule has 4 nitrogen and oxygen atoms in total. The molecule has 0 unspecified atom stereocenters. The first kappa shape index (κ1) is 23.6. The maximum absolute atomic E-state index is 6.37. The predicted molar refractivity (Wildman–Crippen MR) is 173 cm³/mol. The van der Waals surface area contributed by atoms with E-state index in [1.165, 1.54) is 27.4 Å². The molecule has 0 saturated heterocycles. The highest BCUT2D eigenvalue weighted by Crippen LogP contribution is 2.44.